The summed E-state index contributed by atoms with van der Waals surface area (Å²) < 4.78 is 24.3. The number of aliphatic carboxylic acids is 1. The fraction of sp³-hybridized carbons (Fsp3) is 0.636. The third kappa shape index (κ3) is 6.36. The van der Waals surface area contributed by atoms with E-state index in [-0.39, 0.29) is 18.6 Å². The number of hydrogen-bond donors (Lipinski definition) is 1. The minimum absolute atomic E-state index is 0.138. The summed E-state index contributed by atoms with van der Waals surface area (Å²) in [6, 6.07) is 3.79. The highest BCUT2D eigenvalue weighted by atomic mass is 16.5. The monoisotopic (exact) mass is 595 g/mol. The number of methoxy groups -OCH3 is 1. The summed E-state index contributed by atoms with van der Waals surface area (Å²) in [4.78, 5) is 37.9. The number of carbonyl (C=O) groups is 2. The van der Waals surface area contributed by atoms with Crippen molar-refractivity contribution in [2.75, 3.05) is 13.7 Å². The predicted octanol–water partition coefficient (Wildman–Crippen LogP) is 5.30. The van der Waals surface area contributed by atoms with Crippen LogP contribution in [0.25, 0.3) is 0 Å². The quantitative estimate of drug-likeness (QED) is 0.390. The lowest BCUT2D eigenvalue weighted by Crippen LogP contribution is -2.50. The fourth-order valence-corrected chi connectivity index (χ4v) is 6.76. The van der Waals surface area contributed by atoms with Gasteiger partial charge >= 0.3 is 5.97 Å². The van der Waals surface area contributed by atoms with Crippen molar-refractivity contribution < 1.29 is 33.6 Å². The van der Waals surface area contributed by atoms with Crippen LogP contribution in [-0.2, 0) is 25.7 Å². The second kappa shape index (κ2) is 12.8. The number of hydrogen-bond acceptors (Lipinski definition) is 8. The minimum atomic E-state index is -1.15. The van der Waals surface area contributed by atoms with Crippen molar-refractivity contribution in [3.63, 3.8) is 0 Å². The Bertz CT molecular complexity index is 1300. The topological polar surface area (TPSA) is 120 Å². The second-order valence-corrected chi connectivity index (χ2v) is 13.3. The zero-order valence-electron chi connectivity index (χ0n) is 26.1. The average molecular weight is 596 g/mol. The minimum Gasteiger partial charge on any atom is -0.481 e. The third-order valence-corrected chi connectivity index (χ3v) is 8.93. The molecule has 10 heteroatoms. The lowest BCUT2D eigenvalue weighted by Gasteiger charge is -2.35. The van der Waals surface area contributed by atoms with Crippen LogP contribution in [0.15, 0.2) is 30.6 Å². The number of nitrogens with zero attached hydrogens (tertiary/aromatic N) is 3. The Morgan fingerprint density at radius 3 is 2.49 bits per heavy atom. The highest BCUT2D eigenvalue weighted by Gasteiger charge is 2.60. The number of ether oxygens (including phenoxy) is 4. The Balaban J connectivity index is 1.62. The lowest BCUT2D eigenvalue weighted by molar-refractivity contribution is -0.156. The van der Waals surface area contributed by atoms with Crippen LogP contribution in [0.4, 0.5) is 0 Å². The van der Waals surface area contributed by atoms with Gasteiger partial charge in [0.15, 0.2) is 0 Å². The molecule has 1 saturated carbocycles. The molecular formula is C33H45N3O7. The highest BCUT2D eigenvalue weighted by molar-refractivity contribution is 5.88. The molecule has 0 aromatic carbocycles. The first-order chi connectivity index (χ1) is 20.5. The largest absolute Gasteiger partial charge is 0.481 e. The predicted molar refractivity (Wildman–Crippen MR) is 159 cm³/mol. The zero-order chi connectivity index (χ0) is 30.9. The third-order valence-electron chi connectivity index (χ3n) is 8.93. The number of carboxylic acid groups (broad SMARTS) is 1. The van der Waals surface area contributed by atoms with Crippen LogP contribution in [0, 0.1) is 11.3 Å². The van der Waals surface area contributed by atoms with Crippen LogP contribution < -0.4 is 9.47 Å². The van der Waals surface area contributed by atoms with E-state index in [1.807, 2.05) is 46.9 Å². The van der Waals surface area contributed by atoms with Crippen LogP contribution in [0.3, 0.4) is 0 Å². The Morgan fingerprint density at radius 2 is 1.91 bits per heavy atom. The Morgan fingerprint density at radius 1 is 1.14 bits per heavy atom. The summed E-state index contributed by atoms with van der Waals surface area (Å²) in [5.41, 5.74) is 2.01. The number of pyridine rings is 2. The van der Waals surface area contributed by atoms with E-state index in [0.29, 0.717) is 36.3 Å². The normalized spacial score (nSPS) is 26.0. The molecule has 5 rings (SSSR count). The molecule has 1 aliphatic carbocycles. The van der Waals surface area contributed by atoms with Gasteiger partial charge < -0.3 is 29.0 Å². The highest BCUT2D eigenvalue weighted by Crippen LogP contribution is 2.51. The van der Waals surface area contributed by atoms with Crippen LogP contribution in [0.1, 0.15) is 95.4 Å². The molecule has 2 aliphatic heterocycles. The van der Waals surface area contributed by atoms with Crippen LogP contribution >= 0.6 is 0 Å². The summed E-state index contributed by atoms with van der Waals surface area (Å²) in [6.45, 7) is 10.4. The van der Waals surface area contributed by atoms with E-state index >= 15 is 0 Å². The lowest BCUT2D eigenvalue weighted by atomic mass is 9.73. The van der Waals surface area contributed by atoms with Crippen LogP contribution in [0.5, 0.6) is 11.8 Å². The zero-order valence-corrected chi connectivity index (χ0v) is 26.1. The first-order valence-corrected chi connectivity index (χ1v) is 15.4. The Kier molecular flexibility index (Phi) is 9.27. The maximum atomic E-state index is 14.2. The van der Waals surface area contributed by atoms with Gasteiger partial charge in [0.1, 0.15) is 12.1 Å². The molecule has 10 nitrogen and oxygen atoms in total. The van der Waals surface area contributed by atoms with Crippen LogP contribution in [-0.4, -0.2) is 69.9 Å². The van der Waals surface area contributed by atoms with Crippen molar-refractivity contribution in [3.05, 3.63) is 47.3 Å². The van der Waals surface area contributed by atoms with E-state index < -0.39 is 41.6 Å². The van der Waals surface area contributed by atoms with Crippen molar-refractivity contribution in [1.82, 2.24) is 14.9 Å². The molecule has 2 aromatic heterocycles. The number of rotatable bonds is 10. The molecule has 3 fully saturated rings. The van der Waals surface area contributed by atoms with Crippen molar-refractivity contribution >= 4 is 11.9 Å². The molecule has 0 unspecified atom stereocenters. The van der Waals surface area contributed by atoms with Crippen molar-refractivity contribution in [1.29, 1.82) is 0 Å². The van der Waals surface area contributed by atoms with Gasteiger partial charge in [-0.05, 0) is 74.6 Å². The number of likely N-dealkylation sites (tertiary alicyclic amines) is 1. The van der Waals surface area contributed by atoms with E-state index in [1.165, 1.54) is 11.3 Å². The summed E-state index contributed by atoms with van der Waals surface area (Å²) in [6.07, 6.45) is 6.66. The SMILES string of the molecule is COc1ncc(C2CCC2)cc1CO[C@H]1[C@H](C(C)(C)C)[C@@H](C(=O)O)N(C(=O)[C@@H]2CCCO2)[C@H]1c1cccnc1OC(C)C. The van der Waals surface area contributed by atoms with E-state index in [1.54, 1.807) is 19.4 Å². The standard InChI is InChI=1S/C33H45N3O7/c1-19(2)43-30-23(12-8-14-34-30)26-28(42-18-22-16-21(20-10-7-11-20)17-35-29(22)40-6)25(33(3,4)5)27(32(38)39)36(26)31(37)24-13-9-15-41-24/h8,12,14,16-17,19-20,24-28H,7,9-11,13,15,18H2,1-6H3,(H,38,39)/t24-,25+,26-,27-,28-/m0/s1. The summed E-state index contributed by atoms with van der Waals surface area (Å²) in [5.74, 6) is -0.699. The van der Waals surface area contributed by atoms with Gasteiger partial charge in [0.25, 0.3) is 5.91 Å². The molecule has 2 saturated heterocycles. The van der Waals surface area contributed by atoms with Crippen molar-refractivity contribution in [2.24, 2.45) is 11.3 Å². The maximum absolute atomic E-state index is 14.2. The molecule has 43 heavy (non-hydrogen) atoms. The fourth-order valence-electron chi connectivity index (χ4n) is 6.76. The van der Waals surface area contributed by atoms with Gasteiger partial charge in [0.2, 0.25) is 11.8 Å². The average Bonchev–Trinajstić information content (AvgIpc) is 3.57. The van der Waals surface area contributed by atoms with Gasteiger partial charge in [-0.2, -0.15) is 0 Å². The molecule has 5 atom stereocenters. The van der Waals surface area contributed by atoms with Crippen LogP contribution in [0.2, 0.25) is 0 Å². The first-order valence-electron chi connectivity index (χ1n) is 15.4. The molecule has 2 aromatic rings. The smallest absolute Gasteiger partial charge is 0.326 e. The van der Waals surface area contributed by atoms with Gasteiger partial charge in [-0.1, -0.05) is 27.2 Å². The molecule has 1 amide bonds. The van der Waals surface area contributed by atoms with Crippen molar-refractivity contribution in [3.8, 4) is 11.8 Å². The van der Waals surface area contributed by atoms with Gasteiger partial charge in [0, 0.05) is 36.0 Å². The maximum Gasteiger partial charge on any atom is 0.326 e. The van der Waals surface area contributed by atoms with Gasteiger partial charge in [-0.25, -0.2) is 14.8 Å². The molecule has 4 heterocycles. The number of carbonyl (C=O) groups excluding carboxylic acids is 1. The van der Waals surface area contributed by atoms with E-state index in [2.05, 4.69) is 16.0 Å². The number of carboxylic acids is 1. The molecule has 0 radical (unpaired) electrons. The number of amides is 1. The Labute approximate surface area is 254 Å². The van der Waals surface area contributed by atoms with Gasteiger partial charge in [0.05, 0.1) is 32.0 Å². The molecule has 3 aliphatic rings. The Hall–Kier alpha value is -3.24. The van der Waals surface area contributed by atoms with E-state index in [4.69, 9.17) is 18.9 Å². The summed E-state index contributed by atoms with van der Waals surface area (Å²) in [5, 5.41) is 10.7. The molecule has 0 spiro atoms. The second-order valence-electron chi connectivity index (χ2n) is 13.3. The summed E-state index contributed by atoms with van der Waals surface area (Å²) >= 11 is 0. The van der Waals surface area contributed by atoms with E-state index in [9.17, 15) is 14.7 Å². The van der Waals surface area contributed by atoms with Gasteiger partial charge in [-0.15, -0.1) is 0 Å². The number of aromatic nitrogens is 2. The van der Waals surface area contributed by atoms with Crippen molar-refractivity contribution in [2.45, 2.75) is 110 Å². The first kappa shape index (κ1) is 31.2. The molecule has 1 N–H and O–H groups in total. The molecule has 0 bridgehead atoms. The van der Waals surface area contributed by atoms with E-state index in [0.717, 1.165) is 30.4 Å². The molecule has 234 valence electrons. The molecular weight excluding hydrogens is 550 g/mol. The summed E-state index contributed by atoms with van der Waals surface area (Å²) in [7, 11) is 1.58. The van der Waals surface area contributed by atoms with Gasteiger partial charge in [-0.3, -0.25) is 4.79 Å².